The topological polar surface area (TPSA) is 43.8 Å². The third-order valence-electron chi connectivity index (χ3n) is 2.87. The predicted octanol–water partition coefficient (Wildman–Crippen LogP) is 3.13. The number of hydrogen-bond donors (Lipinski definition) is 1. The van der Waals surface area contributed by atoms with Crippen LogP contribution in [0, 0.1) is 0 Å². The van der Waals surface area contributed by atoms with Gasteiger partial charge in [-0.1, -0.05) is 18.2 Å². The molecular formula is C13H14F3N3. The first-order valence-electron chi connectivity index (χ1n) is 5.77. The Morgan fingerprint density at radius 3 is 2.42 bits per heavy atom. The van der Waals surface area contributed by atoms with E-state index in [2.05, 4.69) is 5.10 Å². The van der Waals surface area contributed by atoms with Crippen molar-refractivity contribution < 1.29 is 13.2 Å². The molecule has 1 atom stereocenters. The lowest BCUT2D eigenvalue weighted by atomic mass is 10.0. The molecule has 102 valence electrons. The monoisotopic (exact) mass is 269 g/mol. The van der Waals surface area contributed by atoms with Gasteiger partial charge in [-0.15, -0.1) is 0 Å². The summed E-state index contributed by atoms with van der Waals surface area (Å²) in [4.78, 5) is 0. The van der Waals surface area contributed by atoms with Crippen LogP contribution in [0.3, 0.4) is 0 Å². The molecule has 1 unspecified atom stereocenters. The number of halogens is 3. The van der Waals surface area contributed by atoms with Gasteiger partial charge < -0.3 is 5.73 Å². The molecule has 6 heteroatoms. The molecule has 2 N–H and O–H groups in total. The summed E-state index contributed by atoms with van der Waals surface area (Å²) in [6, 6.07) is 6.71. The molecule has 0 fully saturated rings. The van der Waals surface area contributed by atoms with Gasteiger partial charge in [0.05, 0.1) is 17.0 Å². The number of nitrogens with two attached hydrogens (primary N) is 1. The second-order valence-electron chi connectivity index (χ2n) is 4.41. The lowest BCUT2D eigenvalue weighted by molar-refractivity contribution is -0.137. The van der Waals surface area contributed by atoms with Crippen molar-refractivity contribution in [2.75, 3.05) is 0 Å². The van der Waals surface area contributed by atoms with E-state index in [9.17, 15) is 13.2 Å². The maximum absolute atomic E-state index is 13.0. The Balaban J connectivity index is 2.60. The Bertz CT molecular complexity index is 585. The van der Waals surface area contributed by atoms with Crippen LogP contribution in [0.1, 0.15) is 24.2 Å². The molecule has 0 saturated heterocycles. The highest BCUT2D eigenvalue weighted by Crippen LogP contribution is 2.37. The summed E-state index contributed by atoms with van der Waals surface area (Å²) in [6.45, 7) is 1.74. The minimum Gasteiger partial charge on any atom is -0.323 e. The van der Waals surface area contributed by atoms with Crippen molar-refractivity contribution in [2.24, 2.45) is 12.8 Å². The van der Waals surface area contributed by atoms with E-state index in [4.69, 9.17) is 5.73 Å². The van der Waals surface area contributed by atoms with Crippen molar-refractivity contribution in [3.05, 3.63) is 41.6 Å². The van der Waals surface area contributed by atoms with Crippen molar-refractivity contribution in [2.45, 2.75) is 19.1 Å². The molecule has 0 aliphatic heterocycles. The van der Waals surface area contributed by atoms with E-state index in [-0.39, 0.29) is 11.6 Å². The molecule has 0 bridgehead atoms. The van der Waals surface area contributed by atoms with Gasteiger partial charge in [-0.25, -0.2) is 0 Å². The molecule has 0 aliphatic rings. The fourth-order valence-electron chi connectivity index (χ4n) is 1.92. The fourth-order valence-corrected chi connectivity index (χ4v) is 1.92. The maximum Gasteiger partial charge on any atom is 0.417 e. The van der Waals surface area contributed by atoms with Crippen LogP contribution in [0.25, 0.3) is 11.3 Å². The van der Waals surface area contributed by atoms with Gasteiger partial charge in [-0.2, -0.15) is 18.3 Å². The van der Waals surface area contributed by atoms with Crippen LogP contribution in [0.4, 0.5) is 13.2 Å². The van der Waals surface area contributed by atoms with Crippen molar-refractivity contribution >= 4 is 0 Å². The van der Waals surface area contributed by atoms with E-state index >= 15 is 0 Å². The first-order chi connectivity index (χ1) is 8.80. The standard InChI is InChI=1S/C13H14F3N3/c1-8(17)11-7-12(19(2)18-11)9-5-3-4-6-10(9)13(14,15)16/h3-8H,17H2,1-2H3. The van der Waals surface area contributed by atoms with Crippen molar-refractivity contribution in [1.82, 2.24) is 9.78 Å². The summed E-state index contributed by atoms with van der Waals surface area (Å²) in [6.07, 6.45) is -4.39. The third-order valence-corrected chi connectivity index (χ3v) is 2.87. The molecule has 0 saturated carbocycles. The molecule has 2 rings (SSSR count). The highest BCUT2D eigenvalue weighted by atomic mass is 19.4. The summed E-state index contributed by atoms with van der Waals surface area (Å²) in [5.74, 6) is 0. The van der Waals surface area contributed by atoms with Crippen molar-refractivity contribution in [1.29, 1.82) is 0 Å². The number of rotatable bonds is 2. The number of hydrogen-bond acceptors (Lipinski definition) is 2. The Labute approximate surface area is 108 Å². The van der Waals surface area contributed by atoms with Gasteiger partial charge in [0.15, 0.2) is 0 Å². The van der Waals surface area contributed by atoms with Gasteiger partial charge in [0.2, 0.25) is 0 Å². The van der Waals surface area contributed by atoms with E-state index in [0.29, 0.717) is 11.4 Å². The van der Waals surface area contributed by atoms with Crippen LogP contribution in [0.5, 0.6) is 0 Å². The summed E-state index contributed by atoms with van der Waals surface area (Å²) in [5.41, 5.74) is 6.10. The number of alkyl halides is 3. The van der Waals surface area contributed by atoms with Gasteiger partial charge in [-0.3, -0.25) is 4.68 Å². The average molecular weight is 269 g/mol. The number of benzene rings is 1. The Hall–Kier alpha value is -1.82. The molecule has 0 aliphatic carbocycles. The van der Waals surface area contributed by atoms with Crippen LogP contribution < -0.4 is 5.73 Å². The van der Waals surface area contributed by atoms with Gasteiger partial charge in [0.25, 0.3) is 0 Å². The summed E-state index contributed by atoms with van der Waals surface area (Å²) in [7, 11) is 1.61. The van der Waals surface area contributed by atoms with Crippen LogP contribution in [-0.2, 0) is 13.2 Å². The SMILES string of the molecule is CC(N)c1cc(-c2ccccc2C(F)(F)F)n(C)n1. The van der Waals surface area contributed by atoms with Crippen LogP contribution in [0.2, 0.25) is 0 Å². The highest BCUT2D eigenvalue weighted by Gasteiger charge is 2.34. The summed E-state index contributed by atoms with van der Waals surface area (Å²) < 4.78 is 40.4. The Morgan fingerprint density at radius 2 is 1.89 bits per heavy atom. The maximum atomic E-state index is 13.0. The number of nitrogens with zero attached hydrogens (tertiary/aromatic N) is 2. The largest absolute Gasteiger partial charge is 0.417 e. The molecule has 0 spiro atoms. The minimum absolute atomic E-state index is 0.108. The molecule has 1 aromatic heterocycles. The van der Waals surface area contributed by atoms with E-state index in [1.54, 1.807) is 26.1 Å². The van der Waals surface area contributed by atoms with Crippen LogP contribution in [0.15, 0.2) is 30.3 Å². The van der Waals surface area contributed by atoms with E-state index in [1.807, 2.05) is 0 Å². The molecule has 0 amide bonds. The van der Waals surface area contributed by atoms with Crippen LogP contribution in [-0.4, -0.2) is 9.78 Å². The lowest BCUT2D eigenvalue weighted by Gasteiger charge is -2.12. The predicted molar refractivity (Wildman–Crippen MR) is 66.2 cm³/mol. The van der Waals surface area contributed by atoms with E-state index in [0.717, 1.165) is 6.07 Å². The van der Waals surface area contributed by atoms with Crippen molar-refractivity contribution in [3.63, 3.8) is 0 Å². The van der Waals surface area contributed by atoms with Crippen molar-refractivity contribution in [3.8, 4) is 11.3 Å². The second kappa shape index (κ2) is 4.70. The summed E-state index contributed by atoms with van der Waals surface area (Å²) >= 11 is 0. The molecule has 1 aromatic carbocycles. The molecule has 0 radical (unpaired) electrons. The summed E-state index contributed by atoms with van der Waals surface area (Å²) in [5, 5.41) is 4.13. The minimum atomic E-state index is -4.39. The first-order valence-corrected chi connectivity index (χ1v) is 5.77. The quantitative estimate of drug-likeness (QED) is 0.910. The van der Waals surface area contributed by atoms with Crippen LogP contribution >= 0.6 is 0 Å². The smallest absolute Gasteiger partial charge is 0.323 e. The first kappa shape index (κ1) is 13.6. The van der Waals surface area contributed by atoms with E-state index in [1.165, 1.54) is 16.8 Å². The van der Waals surface area contributed by atoms with Gasteiger partial charge in [0.1, 0.15) is 0 Å². The van der Waals surface area contributed by atoms with Gasteiger partial charge >= 0.3 is 6.18 Å². The second-order valence-corrected chi connectivity index (χ2v) is 4.41. The van der Waals surface area contributed by atoms with Gasteiger partial charge in [-0.05, 0) is 19.1 Å². The zero-order chi connectivity index (χ0) is 14.2. The molecule has 1 heterocycles. The molecule has 3 nitrogen and oxygen atoms in total. The third kappa shape index (κ3) is 2.63. The lowest BCUT2D eigenvalue weighted by Crippen LogP contribution is -2.08. The zero-order valence-electron chi connectivity index (χ0n) is 10.6. The zero-order valence-corrected chi connectivity index (χ0v) is 10.6. The number of aromatic nitrogens is 2. The molecular weight excluding hydrogens is 255 g/mol. The van der Waals surface area contributed by atoms with Gasteiger partial charge in [0, 0.05) is 18.7 Å². The Morgan fingerprint density at radius 1 is 1.26 bits per heavy atom. The van der Waals surface area contributed by atoms with E-state index < -0.39 is 11.7 Å². The fraction of sp³-hybridized carbons (Fsp3) is 0.308. The molecule has 19 heavy (non-hydrogen) atoms. The molecule has 2 aromatic rings. The highest BCUT2D eigenvalue weighted by molar-refractivity contribution is 5.65. The number of aryl methyl sites for hydroxylation is 1. The average Bonchev–Trinajstić information content (AvgIpc) is 2.70. The normalized spacial score (nSPS) is 13.6. The Kier molecular flexibility index (Phi) is 3.36.